The molecule has 0 aromatic rings. The highest BCUT2D eigenvalue weighted by atomic mass is 31.2. The summed E-state index contributed by atoms with van der Waals surface area (Å²) in [6.07, 6.45) is 48.9. The van der Waals surface area contributed by atoms with Crippen LogP contribution in [0.2, 0.25) is 0 Å². The number of unbranched alkanes of at least 4 members (excludes halogenated alkanes) is 24. The van der Waals surface area contributed by atoms with Gasteiger partial charge in [-0.2, -0.15) is 0 Å². The lowest BCUT2D eigenvalue weighted by Gasteiger charge is -2.28. The molecule has 0 aliphatic heterocycles. The maximum atomic E-state index is 12.7. The lowest BCUT2D eigenvalue weighted by atomic mass is 10.0. The second kappa shape index (κ2) is 41.5. The molecule has 0 spiro atoms. The van der Waals surface area contributed by atoms with Gasteiger partial charge < -0.3 is 27.9 Å². The number of ether oxygens (including phenoxy) is 2. The first-order valence-corrected chi connectivity index (χ1v) is 25.2. The van der Waals surface area contributed by atoms with Crippen molar-refractivity contribution < 1.29 is 37.3 Å². The van der Waals surface area contributed by atoms with E-state index in [-0.39, 0.29) is 32.2 Å². The van der Waals surface area contributed by atoms with E-state index in [4.69, 9.17) is 18.5 Å². The van der Waals surface area contributed by atoms with Crippen LogP contribution in [0.15, 0.2) is 36.5 Å². The Kier molecular flexibility index (Phi) is 40.5. The number of likely N-dealkylation sites (N-methyl/N-ethyl adjacent to an activating group) is 1. The van der Waals surface area contributed by atoms with Gasteiger partial charge in [0.1, 0.15) is 19.3 Å². The number of carbonyl (C=O) groups excluding carboxylic acids is 1. The summed E-state index contributed by atoms with van der Waals surface area (Å²) in [7, 11) is 1.34. The van der Waals surface area contributed by atoms with Crippen molar-refractivity contribution in [1.29, 1.82) is 0 Å². The van der Waals surface area contributed by atoms with E-state index in [0.717, 1.165) is 57.8 Å². The topological polar surface area (TPSA) is 94.1 Å². The minimum Gasteiger partial charge on any atom is -0.756 e. The van der Waals surface area contributed by atoms with Gasteiger partial charge in [0.05, 0.1) is 34.4 Å². The lowest BCUT2D eigenvalue weighted by Crippen LogP contribution is -2.37. The number of rotatable bonds is 44. The Morgan fingerprint density at radius 3 is 1.51 bits per heavy atom. The summed E-state index contributed by atoms with van der Waals surface area (Å²) in [5.74, 6) is -0.360. The Balaban J connectivity index is 4.12. The Labute approximate surface area is 353 Å². The number of esters is 1. The van der Waals surface area contributed by atoms with E-state index in [1.807, 2.05) is 21.1 Å². The van der Waals surface area contributed by atoms with Crippen LogP contribution in [-0.4, -0.2) is 70.7 Å². The molecule has 9 heteroatoms. The van der Waals surface area contributed by atoms with Gasteiger partial charge in [-0.15, -0.1) is 0 Å². The van der Waals surface area contributed by atoms with Crippen LogP contribution < -0.4 is 4.89 Å². The summed E-state index contributed by atoms with van der Waals surface area (Å²) in [6, 6.07) is 0. The van der Waals surface area contributed by atoms with Gasteiger partial charge in [0.15, 0.2) is 0 Å². The number of carbonyl (C=O) groups is 1. The quantitative estimate of drug-likeness (QED) is 0.0198. The van der Waals surface area contributed by atoms with E-state index in [1.165, 1.54) is 128 Å². The van der Waals surface area contributed by atoms with Gasteiger partial charge in [0.25, 0.3) is 7.82 Å². The van der Waals surface area contributed by atoms with E-state index in [0.29, 0.717) is 17.6 Å². The Morgan fingerprint density at radius 1 is 0.561 bits per heavy atom. The molecule has 0 saturated carbocycles. The SMILES string of the molecule is CC/C=C\C/C=C\C/C=C\CCCCCC(=O)OC(COCCCCCCCCCCCCCCCCCCCCCCCC)COP(=O)([O-])OCC[N+](C)(C)C. The Morgan fingerprint density at radius 2 is 1.02 bits per heavy atom. The van der Waals surface area contributed by atoms with Gasteiger partial charge >= 0.3 is 5.97 Å². The average Bonchev–Trinajstić information content (AvgIpc) is 3.16. The highest BCUT2D eigenvalue weighted by Crippen LogP contribution is 2.38. The molecule has 0 aromatic heterocycles. The zero-order valence-electron chi connectivity index (χ0n) is 38.0. The molecule has 8 nitrogen and oxygen atoms in total. The smallest absolute Gasteiger partial charge is 0.306 e. The van der Waals surface area contributed by atoms with E-state index in [9.17, 15) is 14.3 Å². The standard InChI is InChI=1S/C48H92NO7P/c1-6-8-10-12-14-16-18-20-21-22-23-24-25-26-27-28-30-32-34-36-38-40-43-53-45-47(46-55-57(51,52)54-44-42-49(3,4)5)56-48(50)41-39-37-35-33-31-29-19-17-15-13-11-9-7-2/h9,11,15,17,29,31,47H,6-8,10,12-14,16,18-28,30,32-46H2,1-5H3/b11-9-,17-15-,31-29-. The molecule has 0 rings (SSSR count). The molecule has 57 heavy (non-hydrogen) atoms. The minimum atomic E-state index is -4.53. The van der Waals surface area contributed by atoms with E-state index in [1.54, 1.807) is 0 Å². The summed E-state index contributed by atoms with van der Waals surface area (Å²) in [6.45, 7) is 5.28. The van der Waals surface area contributed by atoms with Crippen molar-refractivity contribution in [3.8, 4) is 0 Å². The minimum absolute atomic E-state index is 0.0211. The highest BCUT2D eigenvalue weighted by Gasteiger charge is 2.20. The molecule has 0 heterocycles. The maximum absolute atomic E-state index is 12.7. The number of phosphoric acid groups is 1. The first-order valence-electron chi connectivity index (χ1n) is 23.7. The average molecular weight is 826 g/mol. The number of nitrogens with zero attached hydrogens (tertiary/aromatic N) is 1. The van der Waals surface area contributed by atoms with E-state index in [2.05, 4.69) is 50.3 Å². The molecule has 0 fully saturated rings. The summed E-state index contributed by atoms with van der Waals surface area (Å²) < 4.78 is 34.6. The number of quaternary nitrogens is 1. The molecule has 0 aliphatic carbocycles. The van der Waals surface area contributed by atoms with Crippen LogP contribution in [0.1, 0.15) is 206 Å². The maximum Gasteiger partial charge on any atom is 0.306 e. The molecule has 0 saturated heterocycles. The predicted molar refractivity (Wildman–Crippen MR) is 240 cm³/mol. The third-order valence-electron chi connectivity index (χ3n) is 10.2. The van der Waals surface area contributed by atoms with Crippen molar-refractivity contribution in [2.24, 2.45) is 0 Å². The highest BCUT2D eigenvalue weighted by molar-refractivity contribution is 7.45. The second-order valence-electron chi connectivity index (χ2n) is 17.1. The van der Waals surface area contributed by atoms with Crippen LogP contribution in [-0.2, 0) is 27.9 Å². The normalized spacial score (nSPS) is 14.0. The largest absolute Gasteiger partial charge is 0.756 e. The molecule has 0 aromatic carbocycles. The van der Waals surface area contributed by atoms with E-state index >= 15 is 0 Å². The number of hydrogen-bond donors (Lipinski definition) is 0. The Bertz CT molecular complexity index is 1010. The van der Waals surface area contributed by atoms with Gasteiger partial charge in [-0.05, 0) is 44.9 Å². The molecule has 0 amide bonds. The van der Waals surface area contributed by atoms with Gasteiger partial charge in [-0.3, -0.25) is 9.36 Å². The van der Waals surface area contributed by atoms with Gasteiger partial charge in [-0.1, -0.05) is 192 Å². The van der Waals surface area contributed by atoms with Crippen molar-refractivity contribution >= 4 is 13.8 Å². The van der Waals surface area contributed by atoms with Gasteiger partial charge in [-0.25, -0.2) is 0 Å². The number of phosphoric ester groups is 1. The molecule has 336 valence electrons. The monoisotopic (exact) mass is 826 g/mol. The van der Waals surface area contributed by atoms with Crippen LogP contribution in [0.4, 0.5) is 0 Å². The zero-order chi connectivity index (χ0) is 42.0. The third kappa shape index (κ3) is 45.7. The van der Waals surface area contributed by atoms with Crippen LogP contribution in [0, 0.1) is 0 Å². The van der Waals surface area contributed by atoms with Crippen molar-refractivity contribution in [1.82, 2.24) is 0 Å². The van der Waals surface area contributed by atoms with Crippen molar-refractivity contribution in [2.45, 2.75) is 213 Å². The van der Waals surface area contributed by atoms with Gasteiger partial charge in [0, 0.05) is 13.0 Å². The molecule has 0 N–H and O–H groups in total. The Hall–Kier alpha value is -1.28. The molecular formula is C48H92NO7P. The molecule has 2 atom stereocenters. The fourth-order valence-electron chi connectivity index (χ4n) is 6.56. The van der Waals surface area contributed by atoms with Crippen LogP contribution in [0.3, 0.4) is 0 Å². The van der Waals surface area contributed by atoms with Crippen LogP contribution >= 0.6 is 7.82 Å². The first-order chi connectivity index (χ1) is 27.6. The first kappa shape index (κ1) is 55.7. The predicted octanol–water partition coefficient (Wildman–Crippen LogP) is 13.5. The zero-order valence-corrected chi connectivity index (χ0v) is 38.9. The van der Waals surface area contributed by atoms with Crippen molar-refractivity contribution in [3.63, 3.8) is 0 Å². The third-order valence-corrected chi connectivity index (χ3v) is 11.2. The summed E-state index contributed by atoms with van der Waals surface area (Å²) >= 11 is 0. The van der Waals surface area contributed by atoms with Crippen LogP contribution in [0.5, 0.6) is 0 Å². The molecule has 0 radical (unpaired) electrons. The molecule has 0 aliphatic rings. The molecular weight excluding hydrogens is 734 g/mol. The number of allylic oxidation sites excluding steroid dienone is 6. The van der Waals surface area contributed by atoms with Gasteiger partial charge in [0.2, 0.25) is 0 Å². The van der Waals surface area contributed by atoms with E-state index < -0.39 is 13.9 Å². The summed E-state index contributed by atoms with van der Waals surface area (Å²) in [5, 5.41) is 0. The summed E-state index contributed by atoms with van der Waals surface area (Å²) in [4.78, 5) is 25.0. The fraction of sp³-hybridized carbons (Fsp3) is 0.854. The van der Waals surface area contributed by atoms with Crippen molar-refractivity contribution in [3.05, 3.63) is 36.5 Å². The number of hydrogen-bond acceptors (Lipinski definition) is 7. The molecule has 2 unspecified atom stereocenters. The molecule has 0 bridgehead atoms. The van der Waals surface area contributed by atoms with Crippen molar-refractivity contribution in [2.75, 3.05) is 54.1 Å². The summed E-state index contributed by atoms with van der Waals surface area (Å²) in [5.41, 5.74) is 0. The lowest BCUT2D eigenvalue weighted by molar-refractivity contribution is -0.870. The van der Waals surface area contributed by atoms with Crippen LogP contribution in [0.25, 0.3) is 0 Å². The fourth-order valence-corrected chi connectivity index (χ4v) is 7.29. The second-order valence-corrected chi connectivity index (χ2v) is 18.5.